The van der Waals surface area contributed by atoms with Crippen LogP contribution in [0.1, 0.15) is 41.5 Å². The van der Waals surface area contributed by atoms with Crippen molar-refractivity contribution in [3.8, 4) is 0 Å². The number of hydrogen-bond donors (Lipinski definition) is 0. The molecule has 0 heterocycles. The number of rotatable bonds is 5. The van der Waals surface area contributed by atoms with E-state index in [9.17, 15) is 4.79 Å². The first-order valence-electron chi connectivity index (χ1n) is 4.79. The SMILES string of the molecule is CC(=O)OOC(C)(C)COOC(C)(C)C. The van der Waals surface area contributed by atoms with Crippen molar-refractivity contribution in [2.75, 3.05) is 6.61 Å². The van der Waals surface area contributed by atoms with Crippen LogP contribution in [0.2, 0.25) is 0 Å². The zero-order chi connectivity index (χ0) is 12.1. The van der Waals surface area contributed by atoms with E-state index < -0.39 is 11.6 Å². The molecule has 0 spiro atoms. The maximum Gasteiger partial charge on any atom is 0.339 e. The quantitative estimate of drug-likeness (QED) is 0.524. The predicted molar refractivity (Wildman–Crippen MR) is 53.7 cm³/mol. The van der Waals surface area contributed by atoms with Crippen LogP contribution in [0.5, 0.6) is 0 Å². The van der Waals surface area contributed by atoms with Gasteiger partial charge in [-0.3, -0.25) is 4.89 Å². The molecular formula is C10H20O5. The molecule has 0 N–H and O–H groups in total. The van der Waals surface area contributed by atoms with Crippen LogP contribution >= 0.6 is 0 Å². The number of hydrogen-bond acceptors (Lipinski definition) is 5. The molecule has 0 fully saturated rings. The van der Waals surface area contributed by atoms with Crippen LogP contribution in [0.4, 0.5) is 0 Å². The van der Waals surface area contributed by atoms with Crippen LogP contribution in [0, 0.1) is 0 Å². The molecule has 0 aliphatic rings. The van der Waals surface area contributed by atoms with E-state index in [4.69, 9.17) is 14.7 Å². The average Bonchev–Trinajstić information content (AvgIpc) is 1.98. The minimum absolute atomic E-state index is 0.164. The second-order valence-electron chi connectivity index (χ2n) is 4.88. The Morgan fingerprint density at radius 2 is 1.60 bits per heavy atom. The predicted octanol–water partition coefficient (Wildman–Crippen LogP) is 2.01. The number of carbonyl (C=O) groups is 1. The lowest BCUT2D eigenvalue weighted by atomic mass is 10.2. The summed E-state index contributed by atoms with van der Waals surface area (Å²) in [4.78, 5) is 29.8. The van der Waals surface area contributed by atoms with Gasteiger partial charge in [0.25, 0.3) is 0 Å². The van der Waals surface area contributed by atoms with Gasteiger partial charge in [0.15, 0.2) is 0 Å². The van der Waals surface area contributed by atoms with Gasteiger partial charge in [-0.05, 0) is 34.6 Å². The zero-order valence-electron chi connectivity index (χ0n) is 10.2. The van der Waals surface area contributed by atoms with Crippen molar-refractivity contribution in [1.82, 2.24) is 0 Å². The molecule has 0 saturated heterocycles. The van der Waals surface area contributed by atoms with Crippen molar-refractivity contribution in [2.24, 2.45) is 0 Å². The smallest absolute Gasteiger partial charge is 0.298 e. The molecule has 0 aliphatic heterocycles. The summed E-state index contributed by atoms with van der Waals surface area (Å²) in [6.45, 7) is 10.5. The molecule has 0 rings (SSSR count). The maximum absolute atomic E-state index is 10.5. The van der Waals surface area contributed by atoms with Gasteiger partial charge in [-0.25, -0.2) is 14.6 Å². The second-order valence-corrected chi connectivity index (χ2v) is 4.88. The first-order valence-corrected chi connectivity index (χ1v) is 4.79. The van der Waals surface area contributed by atoms with Crippen molar-refractivity contribution in [2.45, 2.75) is 52.7 Å². The Hall–Kier alpha value is -0.650. The molecule has 5 heteroatoms. The molecule has 0 bridgehead atoms. The van der Waals surface area contributed by atoms with Crippen molar-refractivity contribution in [3.63, 3.8) is 0 Å². The molecule has 0 amide bonds. The summed E-state index contributed by atoms with van der Waals surface area (Å²) in [5, 5.41) is 0. The van der Waals surface area contributed by atoms with Crippen LogP contribution in [0.15, 0.2) is 0 Å². The Labute approximate surface area is 90.5 Å². The molecule has 0 atom stereocenters. The average molecular weight is 220 g/mol. The van der Waals surface area contributed by atoms with Crippen LogP contribution in [0.25, 0.3) is 0 Å². The van der Waals surface area contributed by atoms with E-state index in [0.29, 0.717) is 0 Å². The summed E-state index contributed by atoms with van der Waals surface area (Å²) in [7, 11) is 0. The fraction of sp³-hybridized carbons (Fsp3) is 0.900. The highest BCUT2D eigenvalue weighted by molar-refractivity contribution is 5.65. The van der Waals surface area contributed by atoms with E-state index in [1.807, 2.05) is 20.8 Å². The molecular weight excluding hydrogens is 200 g/mol. The Morgan fingerprint density at radius 1 is 1.07 bits per heavy atom. The van der Waals surface area contributed by atoms with Crippen LogP contribution < -0.4 is 0 Å². The fourth-order valence-corrected chi connectivity index (χ4v) is 0.544. The van der Waals surface area contributed by atoms with Gasteiger partial charge in [0.1, 0.15) is 12.2 Å². The van der Waals surface area contributed by atoms with Crippen molar-refractivity contribution >= 4 is 5.97 Å². The molecule has 0 unspecified atom stereocenters. The first kappa shape index (κ1) is 14.3. The number of carbonyl (C=O) groups excluding carboxylic acids is 1. The van der Waals surface area contributed by atoms with Crippen LogP contribution in [-0.4, -0.2) is 23.8 Å². The van der Waals surface area contributed by atoms with E-state index in [1.54, 1.807) is 13.8 Å². The molecule has 0 aromatic heterocycles. The van der Waals surface area contributed by atoms with Gasteiger partial charge in [0.05, 0.1) is 5.60 Å². The van der Waals surface area contributed by atoms with Gasteiger partial charge in [-0.1, -0.05) is 0 Å². The molecule has 0 radical (unpaired) electrons. The summed E-state index contributed by atoms with van der Waals surface area (Å²) >= 11 is 0. The summed E-state index contributed by atoms with van der Waals surface area (Å²) in [6, 6.07) is 0. The maximum atomic E-state index is 10.5. The molecule has 90 valence electrons. The lowest BCUT2D eigenvalue weighted by Crippen LogP contribution is -2.33. The van der Waals surface area contributed by atoms with Gasteiger partial charge in [-0.2, -0.15) is 4.89 Å². The third kappa shape index (κ3) is 9.65. The molecule has 0 aliphatic carbocycles. The highest BCUT2D eigenvalue weighted by Crippen LogP contribution is 2.13. The minimum atomic E-state index is -0.739. The van der Waals surface area contributed by atoms with Gasteiger partial charge >= 0.3 is 5.97 Å². The molecule has 0 aromatic rings. The van der Waals surface area contributed by atoms with E-state index in [-0.39, 0.29) is 12.2 Å². The lowest BCUT2D eigenvalue weighted by molar-refractivity contribution is -0.395. The van der Waals surface area contributed by atoms with E-state index >= 15 is 0 Å². The zero-order valence-corrected chi connectivity index (χ0v) is 10.2. The van der Waals surface area contributed by atoms with Gasteiger partial charge in [0.2, 0.25) is 0 Å². The van der Waals surface area contributed by atoms with Crippen molar-refractivity contribution in [1.29, 1.82) is 0 Å². The van der Waals surface area contributed by atoms with Gasteiger partial charge in [-0.15, -0.1) is 0 Å². The third-order valence-corrected chi connectivity index (χ3v) is 1.10. The summed E-state index contributed by atoms with van der Waals surface area (Å²) < 4.78 is 0. The topological polar surface area (TPSA) is 54.0 Å². The third-order valence-electron chi connectivity index (χ3n) is 1.10. The highest BCUT2D eigenvalue weighted by Gasteiger charge is 2.24. The van der Waals surface area contributed by atoms with Gasteiger partial charge < -0.3 is 0 Å². The fourth-order valence-electron chi connectivity index (χ4n) is 0.544. The highest BCUT2D eigenvalue weighted by atomic mass is 17.2. The van der Waals surface area contributed by atoms with Crippen molar-refractivity contribution < 1.29 is 24.3 Å². The first-order chi connectivity index (χ1) is 6.62. The summed E-state index contributed by atoms with van der Waals surface area (Å²) in [5.74, 6) is -0.500. The normalized spacial score (nSPS) is 12.7. The van der Waals surface area contributed by atoms with E-state index in [0.717, 1.165) is 0 Å². The Bertz CT molecular complexity index is 204. The van der Waals surface area contributed by atoms with Crippen molar-refractivity contribution in [3.05, 3.63) is 0 Å². The standard InChI is InChI=1S/C10H20O5/c1-8(11)13-15-10(5,6)7-12-14-9(2,3)4/h7H2,1-6H3. The summed E-state index contributed by atoms with van der Waals surface area (Å²) in [5.41, 5.74) is -1.12. The van der Waals surface area contributed by atoms with Crippen LogP contribution in [-0.2, 0) is 24.3 Å². The van der Waals surface area contributed by atoms with Crippen LogP contribution in [0.3, 0.4) is 0 Å². The molecule has 15 heavy (non-hydrogen) atoms. The largest absolute Gasteiger partial charge is 0.339 e. The minimum Gasteiger partial charge on any atom is -0.298 e. The van der Waals surface area contributed by atoms with E-state index in [2.05, 4.69) is 4.89 Å². The monoisotopic (exact) mass is 220 g/mol. The Morgan fingerprint density at radius 3 is 2.00 bits per heavy atom. The van der Waals surface area contributed by atoms with E-state index in [1.165, 1.54) is 6.92 Å². The lowest BCUT2D eigenvalue weighted by Gasteiger charge is -2.24. The molecule has 0 saturated carbocycles. The van der Waals surface area contributed by atoms with Gasteiger partial charge in [0, 0.05) is 6.92 Å². The molecule has 0 aromatic carbocycles. The second kappa shape index (κ2) is 5.44. The summed E-state index contributed by atoms with van der Waals surface area (Å²) in [6.07, 6.45) is 0. The Balaban J connectivity index is 3.78. The Kier molecular flexibility index (Phi) is 5.20. The molecule has 5 nitrogen and oxygen atoms in total.